The van der Waals surface area contributed by atoms with Crippen LogP contribution in [0, 0.1) is 0 Å². The fraction of sp³-hybridized carbons (Fsp3) is 0. The van der Waals surface area contributed by atoms with Crippen molar-refractivity contribution in [1.29, 1.82) is 0 Å². The third kappa shape index (κ3) is 3.20. The van der Waals surface area contributed by atoms with Gasteiger partial charge in [0.15, 0.2) is 0 Å². The van der Waals surface area contributed by atoms with Crippen molar-refractivity contribution in [2.45, 2.75) is 0 Å². The van der Waals surface area contributed by atoms with Gasteiger partial charge >= 0.3 is 0 Å². The Balaban J connectivity index is 1.26. The maximum absolute atomic E-state index is 4.95. The van der Waals surface area contributed by atoms with E-state index in [1.165, 1.54) is 21.5 Å². The monoisotopic (exact) mass is 432 g/mol. The van der Waals surface area contributed by atoms with Gasteiger partial charge in [-0.05, 0) is 57.9 Å². The summed E-state index contributed by atoms with van der Waals surface area (Å²) in [5.74, 6) is 0. The lowest BCUT2D eigenvalue weighted by molar-refractivity contribution is 1.38. The van der Waals surface area contributed by atoms with E-state index < -0.39 is 0 Å². The molecule has 7 rings (SSSR count). The van der Waals surface area contributed by atoms with Crippen LogP contribution in [0.3, 0.4) is 0 Å². The molecule has 0 N–H and O–H groups in total. The lowest BCUT2D eigenvalue weighted by atomic mass is 10.0. The van der Waals surface area contributed by atoms with Crippen LogP contribution in [0.15, 0.2) is 121 Å². The third-order valence-electron chi connectivity index (χ3n) is 6.59. The van der Waals surface area contributed by atoms with Gasteiger partial charge in [0.05, 0.1) is 22.4 Å². The number of benzene rings is 5. The Bertz CT molecular complexity index is 1710. The molecule has 0 saturated heterocycles. The summed E-state index contributed by atoms with van der Waals surface area (Å²) in [6.07, 6.45) is 0. The van der Waals surface area contributed by atoms with E-state index in [2.05, 4.69) is 121 Å². The first kappa shape index (κ1) is 19.0. The molecule has 34 heavy (non-hydrogen) atoms. The molecule has 0 bridgehead atoms. The van der Waals surface area contributed by atoms with Crippen molar-refractivity contribution in [1.82, 2.24) is 9.97 Å². The summed E-state index contributed by atoms with van der Waals surface area (Å²) in [5.41, 5.74) is 6.20. The smallest absolute Gasteiger partial charge is 0.0715 e. The second-order valence-electron chi connectivity index (χ2n) is 8.75. The molecule has 0 radical (unpaired) electrons. The minimum Gasteiger partial charge on any atom is -0.248 e. The Morgan fingerprint density at radius 3 is 1.12 bits per heavy atom. The molecule has 7 aromatic rings. The molecule has 0 spiro atoms. The van der Waals surface area contributed by atoms with Crippen molar-refractivity contribution in [2.24, 2.45) is 0 Å². The van der Waals surface area contributed by atoms with Gasteiger partial charge < -0.3 is 0 Å². The quantitative estimate of drug-likeness (QED) is 0.256. The molecule has 0 atom stereocenters. The van der Waals surface area contributed by atoms with E-state index >= 15 is 0 Å². The predicted molar refractivity (Wildman–Crippen MR) is 143 cm³/mol. The maximum Gasteiger partial charge on any atom is 0.0715 e. The fourth-order valence-corrected chi connectivity index (χ4v) is 4.76. The lowest BCUT2D eigenvalue weighted by Crippen LogP contribution is -1.88. The average Bonchev–Trinajstić information content (AvgIpc) is 2.90. The van der Waals surface area contributed by atoms with Crippen LogP contribution in [-0.4, -0.2) is 9.97 Å². The Morgan fingerprint density at radius 1 is 0.324 bits per heavy atom. The van der Waals surface area contributed by atoms with Gasteiger partial charge in [-0.15, -0.1) is 0 Å². The SMILES string of the molecule is c1ccc2cc3nc(-c4ccc(-c5ccc6cc7ccccc7cc6n5)cc4)ccc3cc2c1. The van der Waals surface area contributed by atoms with Crippen molar-refractivity contribution in [3.8, 4) is 22.5 Å². The summed E-state index contributed by atoms with van der Waals surface area (Å²) in [6.45, 7) is 0. The minimum absolute atomic E-state index is 0.979. The van der Waals surface area contributed by atoms with Gasteiger partial charge in [0.25, 0.3) is 0 Å². The summed E-state index contributed by atoms with van der Waals surface area (Å²) in [7, 11) is 0. The molecule has 158 valence electrons. The number of fused-ring (bicyclic) bond motifs is 4. The van der Waals surface area contributed by atoms with Gasteiger partial charge in [0.2, 0.25) is 0 Å². The molecule has 2 heterocycles. The molecule has 0 aliphatic heterocycles. The second kappa shape index (κ2) is 7.50. The molecule has 0 unspecified atom stereocenters. The van der Waals surface area contributed by atoms with Gasteiger partial charge in [0, 0.05) is 21.9 Å². The zero-order chi connectivity index (χ0) is 22.5. The van der Waals surface area contributed by atoms with E-state index in [9.17, 15) is 0 Å². The average molecular weight is 433 g/mol. The normalized spacial score (nSPS) is 11.5. The highest BCUT2D eigenvalue weighted by molar-refractivity contribution is 5.98. The van der Waals surface area contributed by atoms with Gasteiger partial charge in [0.1, 0.15) is 0 Å². The van der Waals surface area contributed by atoms with E-state index in [0.29, 0.717) is 0 Å². The van der Waals surface area contributed by atoms with E-state index in [1.54, 1.807) is 0 Å². The van der Waals surface area contributed by atoms with Crippen molar-refractivity contribution in [2.75, 3.05) is 0 Å². The highest BCUT2D eigenvalue weighted by Gasteiger charge is 2.07. The minimum atomic E-state index is 0.979. The van der Waals surface area contributed by atoms with E-state index in [4.69, 9.17) is 9.97 Å². The van der Waals surface area contributed by atoms with E-state index in [0.717, 1.165) is 44.3 Å². The summed E-state index contributed by atoms with van der Waals surface area (Å²) < 4.78 is 0. The maximum atomic E-state index is 4.95. The fourth-order valence-electron chi connectivity index (χ4n) is 4.76. The number of aromatic nitrogens is 2. The van der Waals surface area contributed by atoms with Crippen LogP contribution in [0.4, 0.5) is 0 Å². The number of hydrogen-bond donors (Lipinski definition) is 0. The van der Waals surface area contributed by atoms with E-state index in [-0.39, 0.29) is 0 Å². The zero-order valence-corrected chi connectivity index (χ0v) is 18.4. The molecule has 2 nitrogen and oxygen atoms in total. The molecule has 2 aromatic heterocycles. The van der Waals surface area contributed by atoms with Crippen LogP contribution in [0.1, 0.15) is 0 Å². The van der Waals surface area contributed by atoms with Gasteiger partial charge in [-0.3, -0.25) is 0 Å². The standard InChI is InChI=1S/C32H20N2/c1-3-7-25-19-31-27(17-23(25)5-1)13-15-29(33-31)21-9-11-22(12-10-21)30-16-14-28-18-24-6-2-4-8-26(24)20-32(28)34-30/h1-20H. The summed E-state index contributed by atoms with van der Waals surface area (Å²) in [6, 6.07) is 42.7. The molecule has 5 aromatic carbocycles. The number of rotatable bonds is 2. The van der Waals surface area contributed by atoms with Gasteiger partial charge in [-0.2, -0.15) is 0 Å². The predicted octanol–water partition coefficient (Wildman–Crippen LogP) is 8.42. The first-order valence-corrected chi connectivity index (χ1v) is 11.5. The second-order valence-corrected chi connectivity index (χ2v) is 8.75. The summed E-state index contributed by atoms with van der Waals surface area (Å²) in [5, 5.41) is 7.23. The number of pyridine rings is 2. The van der Waals surface area contributed by atoms with Crippen molar-refractivity contribution in [3.05, 3.63) is 121 Å². The number of hydrogen-bond acceptors (Lipinski definition) is 2. The topological polar surface area (TPSA) is 25.8 Å². The first-order chi connectivity index (χ1) is 16.8. The van der Waals surface area contributed by atoms with Crippen LogP contribution < -0.4 is 0 Å². The molecular weight excluding hydrogens is 412 g/mol. The van der Waals surface area contributed by atoms with Crippen molar-refractivity contribution < 1.29 is 0 Å². The Labute approximate surface area is 197 Å². The van der Waals surface area contributed by atoms with E-state index in [1.807, 2.05) is 0 Å². The first-order valence-electron chi connectivity index (χ1n) is 11.5. The Morgan fingerprint density at radius 2 is 0.706 bits per heavy atom. The summed E-state index contributed by atoms with van der Waals surface area (Å²) in [4.78, 5) is 9.90. The molecule has 0 aliphatic carbocycles. The van der Waals surface area contributed by atoms with Crippen molar-refractivity contribution >= 4 is 43.4 Å². The van der Waals surface area contributed by atoms with Crippen LogP contribution in [0.2, 0.25) is 0 Å². The molecule has 0 amide bonds. The Hall–Kier alpha value is -4.56. The highest BCUT2D eigenvalue weighted by atomic mass is 14.7. The third-order valence-corrected chi connectivity index (χ3v) is 6.59. The zero-order valence-electron chi connectivity index (χ0n) is 18.4. The van der Waals surface area contributed by atoms with Crippen LogP contribution in [0.5, 0.6) is 0 Å². The van der Waals surface area contributed by atoms with Crippen molar-refractivity contribution in [3.63, 3.8) is 0 Å². The molecule has 0 saturated carbocycles. The highest BCUT2D eigenvalue weighted by Crippen LogP contribution is 2.29. The van der Waals surface area contributed by atoms with Gasteiger partial charge in [-0.25, -0.2) is 9.97 Å². The molecule has 0 aliphatic rings. The van der Waals surface area contributed by atoms with Gasteiger partial charge in [-0.1, -0.05) is 84.9 Å². The largest absolute Gasteiger partial charge is 0.248 e. The molecular formula is C32H20N2. The van der Waals surface area contributed by atoms with Crippen LogP contribution >= 0.6 is 0 Å². The van der Waals surface area contributed by atoms with Crippen LogP contribution in [-0.2, 0) is 0 Å². The van der Waals surface area contributed by atoms with Crippen LogP contribution in [0.25, 0.3) is 65.9 Å². The summed E-state index contributed by atoms with van der Waals surface area (Å²) >= 11 is 0. The molecule has 0 fully saturated rings. The molecule has 2 heteroatoms. The Kier molecular flexibility index (Phi) is 4.18. The lowest BCUT2D eigenvalue weighted by Gasteiger charge is -2.08. The number of nitrogens with zero attached hydrogens (tertiary/aromatic N) is 2.